The van der Waals surface area contributed by atoms with Crippen molar-refractivity contribution in [3.8, 4) is 0 Å². The third kappa shape index (κ3) is 1.25. The first-order valence-electron chi connectivity index (χ1n) is 3.86. The third-order valence-corrected chi connectivity index (χ3v) is 3.30. The Morgan fingerprint density at radius 2 is 2.00 bits per heavy atom. The lowest BCUT2D eigenvalue weighted by Crippen LogP contribution is -2.29. The zero-order chi connectivity index (χ0) is 8.55. The Bertz CT molecular complexity index is 149. The van der Waals surface area contributed by atoms with Gasteiger partial charge in [-0.3, -0.25) is 0 Å². The van der Waals surface area contributed by atoms with Crippen LogP contribution in [0.4, 0.5) is 0 Å². The van der Waals surface area contributed by atoms with Gasteiger partial charge < -0.3 is 19.7 Å². The van der Waals surface area contributed by atoms with E-state index in [-0.39, 0.29) is 36.8 Å². The summed E-state index contributed by atoms with van der Waals surface area (Å²) in [5.41, 5.74) is 0. The van der Waals surface area contributed by atoms with Gasteiger partial charge in [0, 0.05) is 0 Å². The fourth-order valence-corrected chi connectivity index (χ4v) is 2.63. The van der Waals surface area contributed by atoms with Gasteiger partial charge in [0.25, 0.3) is 0 Å². The molecule has 0 bridgehead atoms. The summed E-state index contributed by atoms with van der Waals surface area (Å²) in [5.74, 6) is 1.66. The lowest BCUT2D eigenvalue weighted by atomic mass is 10.1. The molecule has 2 aliphatic heterocycles. The first-order chi connectivity index (χ1) is 5.86. The number of hydrogen-bond donors (Lipinski definition) is 2. The molecule has 2 saturated heterocycles. The second-order valence-electron chi connectivity index (χ2n) is 2.88. The molecule has 0 aliphatic carbocycles. The quantitative estimate of drug-likeness (QED) is 0.608. The molecule has 0 saturated carbocycles. The molecule has 12 heavy (non-hydrogen) atoms. The van der Waals surface area contributed by atoms with Crippen LogP contribution in [-0.4, -0.2) is 47.0 Å². The summed E-state index contributed by atoms with van der Waals surface area (Å²) >= 11 is 1.52. The smallest absolute Gasteiger partial charge is 0.139 e. The molecule has 69 valence electrons. The minimum atomic E-state index is -0.279. The van der Waals surface area contributed by atoms with Gasteiger partial charge in [-0.2, -0.15) is 0 Å². The number of thioether (sulfide) groups is 1. The Hall–Kier alpha value is 0.190. The second kappa shape index (κ2) is 3.51. The fraction of sp³-hybridized carbons (Fsp3) is 0.857. The molecule has 5 heteroatoms. The van der Waals surface area contributed by atoms with Gasteiger partial charge in [-0.1, -0.05) is 0 Å². The number of aliphatic hydroxyl groups excluding tert-OH is 2. The molecule has 0 aromatic carbocycles. The highest BCUT2D eigenvalue weighted by Gasteiger charge is 2.48. The molecule has 0 spiro atoms. The Labute approximate surface area is 74.9 Å². The maximum Gasteiger partial charge on any atom is 0.139 e. The number of aliphatic hydroxyl groups is 2. The Morgan fingerprint density at radius 1 is 1.25 bits per heavy atom. The molecule has 2 rings (SSSR count). The SMILES string of the molecule is OCC1OC(CO)C2S[CH]OC12. The summed E-state index contributed by atoms with van der Waals surface area (Å²) in [7, 11) is 0. The van der Waals surface area contributed by atoms with Gasteiger partial charge in [-0.05, 0) is 0 Å². The Morgan fingerprint density at radius 3 is 2.67 bits per heavy atom. The summed E-state index contributed by atoms with van der Waals surface area (Å²) in [6.45, 7) is -0.0616. The first kappa shape index (κ1) is 8.77. The minimum absolute atomic E-state index is 0.0120. The maximum absolute atomic E-state index is 8.94. The van der Waals surface area contributed by atoms with Crippen molar-refractivity contribution in [1.29, 1.82) is 0 Å². The van der Waals surface area contributed by atoms with E-state index in [9.17, 15) is 0 Å². The van der Waals surface area contributed by atoms with E-state index < -0.39 is 0 Å². The third-order valence-electron chi connectivity index (χ3n) is 2.19. The lowest BCUT2D eigenvalue weighted by Gasteiger charge is -2.12. The van der Waals surface area contributed by atoms with Crippen molar-refractivity contribution in [2.75, 3.05) is 13.2 Å². The summed E-state index contributed by atoms with van der Waals surface area (Å²) in [6, 6.07) is 0. The zero-order valence-electron chi connectivity index (χ0n) is 6.42. The van der Waals surface area contributed by atoms with Crippen LogP contribution in [0.2, 0.25) is 0 Å². The maximum atomic E-state index is 8.94. The summed E-state index contributed by atoms with van der Waals surface area (Å²) < 4.78 is 10.6. The van der Waals surface area contributed by atoms with E-state index in [1.54, 1.807) is 5.94 Å². The van der Waals surface area contributed by atoms with Crippen molar-refractivity contribution in [3.05, 3.63) is 5.94 Å². The van der Waals surface area contributed by atoms with Crippen molar-refractivity contribution in [2.24, 2.45) is 0 Å². The van der Waals surface area contributed by atoms with Gasteiger partial charge in [-0.25, -0.2) is 0 Å². The van der Waals surface area contributed by atoms with Crippen molar-refractivity contribution in [3.63, 3.8) is 0 Å². The van der Waals surface area contributed by atoms with E-state index in [0.717, 1.165) is 0 Å². The largest absolute Gasteiger partial charge is 0.394 e. The fourth-order valence-electron chi connectivity index (χ4n) is 1.59. The standard InChI is InChI=1S/C7H11O4S/c8-1-4-6-7(12-3-10-6)5(2-9)11-4/h3-9H,1-2H2. The summed E-state index contributed by atoms with van der Waals surface area (Å²) in [4.78, 5) is 0. The van der Waals surface area contributed by atoms with Crippen LogP contribution < -0.4 is 0 Å². The first-order valence-corrected chi connectivity index (χ1v) is 4.81. The van der Waals surface area contributed by atoms with E-state index in [4.69, 9.17) is 19.7 Å². The normalized spacial score (nSPS) is 46.5. The van der Waals surface area contributed by atoms with E-state index in [1.165, 1.54) is 11.8 Å². The van der Waals surface area contributed by atoms with E-state index in [0.29, 0.717) is 0 Å². The molecule has 4 nitrogen and oxygen atoms in total. The van der Waals surface area contributed by atoms with Gasteiger partial charge in [0.15, 0.2) is 0 Å². The highest BCUT2D eigenvalue weighted by atomic mass is 32.2. The van der Waals surface area contributed by atoms with Crippen LogP contribution in [-0.2, 0) is 9.47 Å². The van der Waals surface area contributed by atoms with Crippen LogP contribution in [0.25, 0.3) is 0 Å². The van der Waals surface area contributed by atoms with E-state index in [2.05, 4.69) is 0 Å². The van der Waals surface area contributed by atoms with Crippen LogP contribution in [0.5, 0.6) is 0 Å². The molecular weight excluding hydrogens is 180 g/mol. The van der Waals surface area contributed by atoms with E-state index >= 15 is 0 Å². The molecular formula is C7H11O4S. The van der Waals surface area contributed by atoms with Crippen LogP contribution >= 0.6 is 11.8 Å². The summed E-state index contributed by atoms with van der Waals surface area (Å²) in [6.07, 6.45) is -0.563. The van der Waals surface area contributed by atoms with E-state index in [1.807, 2.05) is 0 Å². The monoisotopic (exact) mass is 191 g/mol. The van der Waals surface area contributed by atoms with Crippen molar-refractivity contribution in [1.82, 2.24) is 0 Å². The highest BCUT2D eigenvalue weighted by molar-refractivity contribution is 8.02. The van der Waals surface area contributed by atoms with Crippen LogP contribution in [0.1, 0.15) is 0 Å². The minimum Gasteiger partial charge on any atom is -0.394 e. The molecule has 2 heterocycles. The average Bonchev–Trinajstić information content (AvgIpc) is 2.63. The molecule has 1 radical (unpaired) electrons. The van der Waals surface area contributed by atoms with Crippen molar-refractivity contribution in [2.45, 2.75) is 23.6 Å². The molecule has 4 unspecified atom stereocenters. The van der Waals surface area contributed by atoms with Crippen LogP contribution in [0.15, 0.2) is 0 Å². The predicted molar refractivity (Wildman–Crippen MR) is 43.4 cm³/mol. The number of hydrogen-bond acceptors (Lipinski definition) is 5. The highest BCUT2D eigenvalue weighted by Crippen LogP contribution is 2.40. The lowest BCUT2D eigenvalue weighted by molar-refractivity contribution is -0.0406. The van der Waals surface area contributed by atoms with Gasteiger partial charge in [0.05, 0.1) is 24.6 Å². The topological polar surface area (TPSA) is 58.9 Å². The zero-order valence-corrected chi connectivity index (χ0v) is 7.24. The average molecular weight is 191 g/mol. The van der Waals surface area contributed by atoms with Gasteiger partial charge in [0.2, 0.25) is 0 Å². The molecule has 4 atom stereocenters. The summed E-state index contributed by atoms with van der Waals surface area (Å²) in [5, 5.41) is 18.0. The van der Waals surface area contributed by atoms with Crippen LogP contribution in [0.3, 0.4) is 0 Å². The Balaban J connectivity index is 2.05. The molecule has 0 aromatic rings. The molecule has 2 fully saturated rings. The van der Waals surface area contributed by atoms with Gasteiger partial charge in [0.1, 0.15) is 18.1 Å². The van der Waals surface area contributed by atoms with Crippen LogP contribution in [0, 0.1) is 5.94 Å². The molecule has 0 aromatic heterocycles. The Kier molecular flexibility index (Phi) is 2.57. The number of rotatable bonds is 2. The molecule has 0 amide bonds. The van der Waals surface area contributed by atoms with Crippen molar-refractivity contribution < 1.29 is 19.7 Å². The van der Waals surface area contributed by atoms with Gasteiger partial charge >= 0.3 is 0 Å². The second-order valence-corrected chi connectivity index (χ2v) is 3.88. The molecule has 2 aliphatic rings. The predicted octanol–water partition coefficient (Wildman–Crippen LogP) is -0.642. The number of fused-ring (bicyclic) bond motifs is 1. The van der Waals surface area contributed by atoms with Gasteiger partial charge in [-0.15, -0.1) is 11.8 Å². The number of ether oxygens (including phenoxy) is 2. The van der Waals surface area contributed by atoms with Crippen molar-refractivity contribution >= 4 is 11.8 Å². The molecule has 2 N–H and O–H groups in total.